The van der Waals surface area contributed by atoms with Crippen molar-refractivity contribution in [1.29, 1.82) is 0 Å². The summed E-state index contributed by atoms with van der Waals surface area (Å²) in [7, 11) is 2.11. The van der Waals surface area contributed by atoms with Crippen LogP contribution >= 0.6 is 0 Å². The van der Waals surface area contributed by atoms with Crippen molar-refractivity contribution in [2.24, 2.45) is 5.41 Å². The van der Waals surface area contributed by atoms with E-state index in [1.165, 1.54) is 0 Å². The number of carbonyl (C=O) groups excluding carboxylic acids is 1. The molecule has 6 heteroatoms. The summed E-state index contributed by atoms with van der Waals surface area (Å²) >= 11 is 0. The first-order valence-electron chi connectivity index (χ1n) is 7.57. The van der Waals surface area contributed by atoms with Crippen molar-refractivity contribution in [2.45, 2.75) is 19.9 Å². The van der Waals surface area contributed by atoms with E-state index in [2.05, 4.69) is 29.3 Å². The fourth-order valence-corrected chi connectivity index (χ4v) is 2.93. The number of likely N-dealkylation sites (tertiary alicyclic amines) is 1. The van der Waals surface area contributed by atoms with Gasteiger partial charge in [-0.2, -0.15) is 5.10 Å². The lowest BCUT2D eigenvalue weighted by molar-refractivity contribution is 0.0905. The van der Waals surface area contributed by atoms with Crippen LogP contribution in [0.5, 0.6) is 0 Å². The number of hydrogen-bond acceptors (Lipinski definition) is 4. The van der Waals surface area contributed by atoms with Crippen LogP contribution in [0.2, 0.25) is 0 Å². The molecule has 2 aromatic rings. The van der Waals surface area contributed by atoms with Crippen LogP contribution < -0.4 is 5.32 Å². The van der Waals surface area contributed by atoms with Crippen LogP contribution in [0.25, 0.3) is 0 Å². The minimum absolute atomic E-state index is 0.148. The minimum atomic E-state index is -0.150. The average Bonchev–Trinajstić information content (AvgIpc) is 3.20. The maximum absolute atomic E-state index is 12.2. The van der Waals surface area contributed by atoms with E-state index in [4.69, 9.17) is 4.42 Å². The van der Waals surface area contributed by atoms with E-state index in [-0.39, 0.29) is 11.3 Å². The summed E-state index contributed by atoms with van der Waals surface area (Å²) in [5.41, 5.74) is 0.148. The van der Waals surface area contributed by atoms with Gasteiger partial charge in [0, 0.05) is 25.5 Å². The van der Waals surface area contributed by atoms with Gasteiger partial charge in [-0.1, -0.05) is 6.92 Å². The molecule has 0 saturated carbocycles. The topological polar surface area (TPSA) is 63.3 Å². The number of aromatic nitrogens is 2. The molecular weight excluding hydrogens is 280 g/mol. The summed E-state index contributed by atoms with van der Waals surface area (Å²) in [6.45, 7) is 5.51. The lowest BCUT2D eigenvalue weighted by Crippen LogP contribution is -2.37. The maximum atomic E-state index is 12.2. The molecule has 0 aliphatic carbocycles. The van der Waals surface area contributed by atoms with Crippen molar-refractivity contribution in [3.63, 3.8) is 0 Å². The normalized spacial score (nSPS) is 22.1. The highest BCUT2D eigenvalue weighted by Crippen LogP contribution is 2.27. The number of furan rings is 1. The van der Waals surface area contributed by atoms with E-state index < -0.39 is 0 Å². The Morgan fingerprint density at radius 1 is 1.50 bits per heavy atom. The van der Waals surface area contributed by atoms with Crippen LogP contribution in [0, 0.1) is 5.41 Å². The Balaban J connectivity index is 1.55. The van der Waals surface area contributed by atoms with Crippen LogP contribution in [0.3, 0.4) is 0 Å². The summed E-state index contributed by atoms with van der Waals surface area (Å²) in [5, 5.41) is 7.11. The summed E-state index contributed by atoms with van der Waals surface area (Å²) in [6.07, 6.45) is 4.68. The molecule has 3 heterocycles. The van der Waals surface area contributed by atoms with Crippen LogP contribution in [0.4, 0.5) is 0 Å². The highest BCUT2D eigenvalue weighted by atomic mass is 16.4. The highest BCUT2D eigenvalue weighted by molar-refractivity contribution is 5.91. The first-order chi connectivity index (χ1) is 10.5. The Morgan fingerprint density at radius 2 is 2.36 bits per heavy atom. The Morgan fingerprint density at radius 3 is 3.05 bits per heavy atom. The second kappa shape index (κ2) is 5.96. The van der Waals surface area contributed by atoms with Crippen molar-refractivity contribution >= 4 is 5.91 Å². The number of rotatable bonds is 5. The molecule has 0 radical (unpaired) electrons. The van der Waals surface area contributed by atoms with E-state index in [0.717, 1.165) is 25.3 Å². The first-order valence-corrected chi connectivity index (χ1v) is 7.57. The predicted molar refractivity (Wildman–Crippen MR) is 82.6 cm³/mol. The molecule has 1 unspecified atom stereocenters. The van der Waals surface area contributed by atoms with Gasteiger partial charge in [0.25, 0.3) is 5.91 Å². The van der Waals surface area contributed by atoms with Gasteiger partial charge in [-0.05, 0) is 43.6 Å². The lowest BCUT2D eigenvalue weighted by atomic mass is 9.90. The minimum Gasteiger partial charge on any atom is -0.454 e. The van der Waals surface area contributed by atoms with Crippen molar-refractivity contribution in [2.75, 3.05) is 26.7 Å². The molecule has 2 aromatic heterocycles. The quantitative estimate of drug-likeness (QED) is 0.911. The van der Waals surface area contributed by atoms with Gasteiger partial charge >= 0.3 is 0 Å². The third kappa shape index (κ3) is 3.39. The molecular formula is C16H22N4O2. The SMILES string of the molecule is CN1CCC(C)(CNC(=O)c2ccc(Cn3cccn3)o2)C1. The Hall–Kier alpha value is -2.08. The zero-order valence-corrected chi connectivity index (χ0v) is 13.1. The average molecular weight is 302 g/mol. The number of carbonyl (C=O) groups is 1. The van der Waals surface area contributed by atoms with Crippen molar-refractivity contribution in [1.82, 2.24) is 20.0 Å². The molecule has 1 aliphatic rings. The number of nitrogens with one attached hydrogen (secondary N) is 1. The lowest BCUT2D eigenvalue weighted by Gasteiger charge is -2.23. The maximum Gasteiger partial charge on any atom is 0.287 e. The predicted octanol–water partition coefficient (Wildman–Crippen LogP) is 1.60. The van der Waals surface area contributed by atoms with Crippen LogP contribution in [0.1, 0.15) is 29.7 Å². The Labute approximate surface area is 130 Å². The smallest absolute Gasteiger partial charge is 0.287 e. The number of hydrogen-bond donors (Lipinski definition) is 1. The largest absolute Gasteiger partial charge is 0.454 e. The second-order valence-corrected chi connectivity index (χ2v) is 6.45. The van der Waals surface area contributed by atoms with Gasteiger partial charge in [0.05, 0.1) is 6.54 Å². The molecule has 1 N–H and O–H groups in total. The third-order valence-electron chi connectivity index (χ3n) is 4.19. The molecule has 118 valence electrons. The molecule has 0 spiro atoms. The molecule has 1 atom stereocenters. The number of nitrogens with zero attached hydrogens (tertiary/aromatic N) is 3. The standard InChI is InChI=1S/C16H22N4O2/c1-16(6-9-19(2)12-16)11-17-15(21)14-5-4-13(22-14)10-20-8-3-7-18-20/h3-5,7-8H,6,9-12H2,1-2H3,(H,17,21). The van der Waals surface area contributed by atoms with Crippen LogP contribution in [0.15, 0.2) is 35.0 Å². The van der Waals surface area contributed by atoms with Gasteiger partial charge in [0.15, 0.2) is 5.76 Å². The van der Waals surface area contributed by atoms with Crippen LogP contribution in [-0.4, -0.2) is 47.3 Å². The first kappa shape index (κ1) is 14.8. The van der Waals surface area contributed by atoms with E-state index in [0.29, 0.717) is 18.8 Å². The molecule has 0 aromatic carbocycles. The van der Waals surface area contributed by atoms with E-state index >= 15 is 0 Å². The molecule has 1 fully saturated rings. The van der Waals surface area contributed by atoms with Gasteiger partial charge in [0.1, 0.15) is 5.76 Å². The van der Waals surface area contributed by atoms with E-state index in [1.54, 1.807) is 16.9 Å². The van der Waals surface area contributed by atoms with Gasteiger partial charge < -0.3 is 14.6 Å². The third-order valence-corrected chi connectivity index (χ3v) is 4.19. The zero-order chi connectivity index (χ0) is 15.6. The summed E-state index contributed by atoms with van der Waals surface area (Å²) in [4.78, 5) is 14.5. The summed E-state index contributed by atoms with van der Waals surface area (Å²) < 4.78 is 7.36. The summed E-state index contributed by atoms with van der Waals surface area (Å²) in [6, 6.07) is 5.40. The van der Waals surface area contributed by atoms with Gasteiger partial charge in [0.2, 0.25) is 0 Å². The van der Waals surface area contributed by atoms with Crippen molar-refractivity contribution < 1.29 is 9.21 Å². The number of amides is 1. The van der Waals surface area contributed by atoms with E-state index in [9.17, 15) is 4.79 Å². The Bertz CT molecular complexity index is 634. The molecule has 1 aliphatic heterocycles. The molecule has 0 bridgehead atoms. The molecule has 3 rings (SSSR count). The molecule has 6 nitrogen and oxygen atoms in total. The van der Waals surface area contributed by atoms with E-state index in [1.807, 2.05) is 18.3 Å². The fraction of sp³-hybridized carbons (Fsp3) is 0.500. The molecule has 1 amide bonds. The monoisotopic (exact) mass is 302 g/mol. The summed E-state index contributed by atoms with van der Waals surface area (Å²) in [5.74, 6) is 0.931. The van der Waals surface area contributed by atoms with Crippen LogP contribution in [-0.2, 0) is 6.54 Å². The molecule has 1 saturated heterocycles. The fourth-order valence-electron chi connectivity index (χ4n) is 2.93. The van der Waals surface area contributed by atoms with Gasteiger partial charge in [-0.25, -0.2) is 0 Å². The Kier molecular flexibility index (Phi) is 4.02. The molecule has 22 heavy (non-hydrogen) atoms. The zero-order valence-electron chi connectivity index (χ0n) is 13.1. The van der Waals surface area contributed by atoms with Crippen molar-refractivity contribution in [3.8, 4) is 0 Å². The van der Waals surface area contributed by atoms with Gasteiger partial charge in [-0.3, -0.25) is 9.48 Å². The highest BCUT2D eigenvalue weighted by Gasteiger charge is 2.32. The van der Waals surface area contributed by atoms with Gasteiger partial charge in [-0.15, -0.1) is 0 Å². The van der Waals surface area contributed by atoms with Crippen molar-refractivity contribution in [3.05, 3.63) is 42.1 Å². The second-order valence-electron chi connectivity index (χ2n) is 6.45.